The first-order valence-electron chi connectivity index (χ1n) is 7.97. The molecule has 1 atom stereocenters. The fourth-order valence-corrected chi connectivity index (χ4v) is 2.84. The van der Waals surface area contributed by atoms with E-state index >= 15 is 0 Å². The first kappa shape index (κ1) is 16.0. The largest absolute Gasteiger partial charge is 0.391 e. The van der Waals surface area contributed by atoms with E-state index in [1.807, 2.05) is 11.6 Å². The first-order valence-corrected chi connectivity index (χ1v) is 7.97. The lowest BCUT2D eigenvalue weighted by atomic mass is 10.1. The monoisotopic (exact) mass is 293 g/mol. The molecule has 5 heteroatoms. The van der Waals surface area contributed by atoms with E-state index in [1.165, 1.54) is 0 Å². The lowest BCUT2D eigenvalue weighted by Gasteiger charge is -2.21. The maximum Gasteiger partial charge on any atom is 0.257 e. The SMILES string of the molecule is CCC(CC)n1ncc(C(=O)N(C)CC(O)C2CC2)c1C. The Kier molecular flexibility index (Phi) is 5.04. The second-order valence-corrected chi connectivity index (χ2v) is 6.15. The van der Waals surface area contributed by atoms with Crippen LogP contribution in [-0.2, 0) is 0 Å². The summed E-state index contributed by atoms with van der Waals surface area (Å²) in [6.07, 6.45) is 5.43. The summed E-state index contributed by atoms with van der Waals surface area (Å²) >= 11 is 0. The average molecular weight is 293 g/mol. The Balaban J connectivity index is 2.08. The van der Waals surface area contributed by atoms with Crippen molar-refractivity contribution in [3.8, 4) is 0 Å². The maximum atomic E-state index is 12.5. The van der Waals surface area contributed by atoms with Gasteiger partial charge >= 0.3 is 0 Å². The van der Waals surface area contributed by atoms with Crippen molar-refractivity contribution in [3.63, 3.8) is 0 Å². The number of aliphatic hydroxyl groups is 1. The highest BCUT2D eigenvalue weighted by Gasteiger charge is 2.31. The van der Waals surface area contributed by atoms with Crippen LogP contribution >= 0.6 is 0 Å². The number of rotatable bonds is 7. The summed E-state index contributed by atoms with van der Waals surface area (Å²) in [6, 6.07) is 0.342. The van der Waals surface area contributed by atoms with E-state index in [1.54, 1.807) is 18.1 Å². The van der Waals surface area contributed by atoms with E-state index < -0.39 is 6.10 Å². The zero-order valence-electron chi connectivity index (χ0n) is 13.5. The number of likely N-dealkylation sites (N-methyl/N-ethyl adjacent to an activating group) is 1. The molecule has 5 nitrogen and oxygen atoms in total. The standard InChI is InChI=1S/C16H27N3O2/c1-5-13(6-2)19-11(3)14(9-17-19)16(21)18(4)10-15(20)12-7-8-12/h9,12-13,15,20H,5-8,10H2,1-4H3. The van der Waals surface area contributed by atoms with Crippen molar-refractivity contribution >= 4 is 5.91 Å². The van der Waals surface area contributed by atoms with E-state index in [-0.39, 0.29) is 5.91 Å². The van der Waals surface area contributed by atoms with Crippen LogP contribution in [0.25, 0.3) is 0 Å². The number of aromatic nitrogens is 2. The molecule has 0 spiro atoms. The maximum absolute atomic E-state index is 12.5. The van der Waals surface area contributed by atoms with Gasteiger partial charge in [0.25, 0.3) is 5.91 Å². The van der Waals surface area contributed by atoms with Gasteiger partial charge in [-0.3, -0.25) is 9.48 Å². The molecule has 0 aromatic carbocycles. The van der Waals surface area contributed by atoms with Gasteiger partial charge in [0, 0.05) is 19.3 Å². The van der Waals surface area contributed by atoms with Gasteiger partial charge < -0.3 is 10.0 Å². The minimum Gasteiger partial charge on any atom is -0.391 e. The molecule has 1 aromatic heterocycles. The molecule has 1 saturated carbocycles. The van der Waals surface area contributed by atoms with Gasteiger partial charge in [-0.15, -0.1) is 0 Å². The van der Waals surface area contributed by atoms with Gasteiger partial charge in [0.2, 0.25) is 0 Å². The van der Waals surface area contributed by atoms with Crippen molar-refractivity contribution in [2.45, 2.75) is 58.6 Å². The summed E-state index contributed by atoms with van der Waals surface area (Å²) in [4.78, 5) is 14.1. The summed E-state index contributed by atoms with van der Waals surface area (Å²) in [5.41, 5.74) is 1.56. The number of nitrogens with zero attached hydrogens (tertiary/aromatic N) is 3. The van der Waals surface area contributed by atoms with Crippen LogP contribution in [0.2, 0.25) is 0 Å². The lowest BCUT2D eigenvalue weighted by Crippen LogP contribution is -2.35. The van der Waals surface area contributed by atoms with E-state index in [2.05, 4.69) is 18.9 Å². The first-order chi connectivity index (χ1) is 9.99. The lowest BCUT2D eigenvalue weighted by molar-refractivity contribution is 0.0644. The van der Waals surface area contributed by atoms with Crippen LogP contribution in [0.15, 0.2) is 6.20 Å². The number of aliphatic hydroxyl groups excluding tert-OH is 1. The van der Waals surface area contributed by atoms with Crippen LogP contribution in [0, 0.1) is 12.8 Å². The average Bonchev–Trinajstić information content (AvgIpc) is 3.25. The Morgan fingerprint density at radius 2 is 2.10 bits per heavy atom. The molecule has 21 heavy (non-hydrogen) atoms. The molecule has 1 unspecified atom stereocenters. The number of carbonyl (C=O) groups excluding carboxylic acids is 1. The molecule has 0 radical (unpaired) electrons. The molecule has 1 N–H and O–H groups in total. The van der Waals surface area contributed by atoms with E-state index in [9.17, 15) is 9.90 Å². The molecule has 0 bridgehead atoms. The Hall–Kier alpha value is -1.36. The molecule has 1 aliphatic carbocycles. The Bertz CT molecular complexity index is 490. The molecule has 1 fully saturated rings. The minimum absolute atomic E-state index is 0.0515. The quantitative estimate of drug-likeness (QED) is 0.840. The van der Waals surface area contributed by atoms with E-state index in [0.717, 1.165) is 31.4 Å². The van der Waals surface area contributed by atoms with Crippen molar-refractivity contribution in [2.24, 2.45) is 5.92 Å². The van der Waals surface area contributed by atoms with Crippen LogP contribution in [0.3, 0.4) is 0 Å². The summed E-state index contributed by atoms with van der Waals surface area (Å²) in [6.45, 7) is 6.62. The molecule has 1 aromatic rings. The molecule has 0 aliphatic heterocycles. The van der Waals surface area contributed by atoms with E-state index in [0.29, 0.717) is 24.1 Å². The summed E-state index contributed by atoms with van der Waals surface area (Å²) in [7, 11) is 1.75. The van der Waals surface area contributed by atoms with Gasteiger partial charge in [0.05, 0.1) is 23.9 Å². The number of carbonyl (C=O) groups is 1. The van der Waals surface area contributed by atoms with Gasteiger partial charge in [-0.05, 0) is 38.5 Å². The van der Waals surface area contributed by atoms with E-state index in [4.69, 9.17) is 0 Å². The molecular weight excluding hydrogens is 266 g/mol. The molecule has 0 saturated heterocycles. The predicted octanol–water partition coefficient (Wildman–Crippen LogP) is 2.40. The molecule has 1 heterocycles. The molecule has 118 valence electrons. The van der Waals surface area contributed by atoms with Crippen LogP contribution < -0.4 is 0 Å². The Labute approximate surface area is 126 Å². The van der Waals surface area contributed by atoms with Crippen LogP contribution in [-0.4, -0.2) is 45.4 Å². The van der Waals surface area contributed by atoms with Gasteiger partial charge in [-0.1, -0.05) is 13.8 Å². The third-order valence-corrected chi connectivity index (χ3v) is 4.54. The third kappa shape index (κ3) is 3.46. The molecule has 2 rings (SSSR count). The van der Waals surface area contributed by atoms with Gasteiger partial charge in [0.1, 0.15) is 0 Å². The fraction of sp³-hybridized carbons (Fsp3) is 0.750. The van der Waals surface area contributed by atoms with Crippen LogP contribution in [0.5, 0.6) is 0 Å². The smallest absolute Gasteiger partial charge is 0.257 e. The van der Waals surface area contributed by atoms with Gasteiger partial charge in [-0.25, -0.2) is 0 Å². The third-order valence-electron chi connectivity index (χ3n) is 4.54. The second kappa shape index (κ2) is 6.60. The fourth-order valence-electron chi connectivity index (χ4n) is 2.84. The highest BCUT2D eigenvalue weighted by Crippen LogP contribution is 2.32. The molecular formula is C16H27N3O2. The topological polar surface area (TPSA) is 58.4 Å². The van der Waals surface area contributed by atoms with Gasteiger partial charge in [-0.2, -0.15) is 5.10 Å². The summed E-state index contributed by atoms with van der Waals surface area (Å²) in [5.74, 6) is 0.332. The molecule has 1 amide bonds. The normalized spacial score (nSPS) is 16.3. The second-order valence-electron chi connectivity index (χ2n) is 6.15. The zero-order valence-corrected chi connectivity index (χ0v) is 13.5. The molecule has 1 aliphatic rings. The Morgan fingerprint density at radius 3 is 2.62 bits per heavy atom. The number of amides is 1. The minimum atomic E-state index is -0.395. The van der Waals surface area contributed by atoms with Crippen LogP contribution in [0.4, 0.5) is 0 Å². The van der Waals surface area contributed by atoms with Crippen molar-refractivity contribution in [1.29, 1.82) is 0 Å². The summed E-state index contributed by atoms with van der Waals surface area (Å²) < 4.78 is 1.96. The highest BCUT2D eigenvalue weighted by molar-refractivity contribution is 5.94. The zero-order chi connectivity index (χ0) is 15.6. The summed E-state index contributed by atoms with van der Waals surface area (Å²) in [5, 5.41) is 14.4. The van der Waals surface area contributed by atoms with Crippen molar-refractivity contribution in [1.82, 2.24) is 14.7 Å². The highest BCUT2D eigenvalue weighted by atomic mass is 16.3. The Morgan fingerprint density at radius 1 is 1.48 bits per heavy atom. The van der Waals surface area contributed by atoms with Crippen molar-refractivity contribution in [2.75, 3.05) is 13.6 Å². The number of hydrogen-bond acceptors (Lipinski definition) is 3. The predicted molar refractivity (Wildman–Crippen MR) is 82.3 cm³/mol. The van der Waals surface area contributed by atoms with Crippen molar-refractivity contribution < 1.29 is 9.90 Å². The number of hydrogen-bond donors (Lipinski definition) is 1. The van der Waals surface area contributed by atoms with Crippen LogP contribution in [0.1, 0.15) is 61.6 Å². The van der Waals surface area contributed by atoms with Crippen molar-refractivity contribution in [3.05, 3.63) is 17.5 Å². The van der Waals surface area contributed by atoms with Gasteiger partial charge in [0.15, 0.2) is 0 Å².